The van der Waals surface area contributed by atoms with Crippen LogP contribution >= 0.6 is 0 Å². The van der Waals surface area contributed by atoms with Crippen LogP contribution < -0.4 is 10.1 Å². The van der Waals surface area contributed by atoms with Gasteiger partial charge >= 0.3 is 0 Å². The summed E-state index contributed by atoms with van der Waals surface area (Å²) < 4.78 is 26.3. The minimum absolute atomic E-state index is 0.0130. The zero-order valence-corrected chi connectivity index (χ0v) is 21.2. The van der Waals surface area contributed by atoms with Crippen molar-refractivity contribution in [1.82, 2.24) is 19.8 Å². The lowest BCUT2D eigenvalue weighted by Gasteiger charge is -2.40. The van der Waals surface area contributed by atoms with Crippen LogP contribution in [0, 0.1) is 17.1 Å². The van der Waals surface area contributed by atoms with Crippen molar-refractivity contribution in [3.05, 3.63) is 52.2 Å². The number of carbonyl (C=O) groups excluding carboxylic acids is 1. The fourth-order valence-electron chi connectivity index (χ4n) is 5.46. The fourth-order valence-corrected chi connectivity index (χ4v) is 5.46. The van der Waals surface area contributed by atoms with Crippen molar-refractivity contribution in [3.63, 3.8) is 0 Å². The van der Waals surface area contributed by atoms with Gasteiger partial charge in [-0.2, -0.15) is 5.26 Å². The molecule has 2 aromatic rings. The van der Waals surface area contributed by atoms with Gasteiger partial charge in [0.25, 0.3) is 5.91 Å². The lowest BCUT2D eigenvalue weighted by Crippen LogP contribution is -2.50. The molecule has 2 aliphatic heterocycles. The van der Waals surface area contributed by atoms with Crippen LogP contribution in [0.25, 0.3) is 5.57 Å². The zero-order valence-electron chi connectivity index (χ0n) is 21.2. The summed E-state index contributed by atoms with van der Waals surface area (Å²) in [5, 5.41) is 12.4. The van der Waals surface area contributed by atoms with Gasteiger partial charge in [0.1, 0.15) is 23.2 Å². The number of methoxy groups -OCH3 is 1. The number of amides is 1. The lowest BCUT2D eigenvalue weighted by molar-refractivity contribution is 0.00154. The number of nitrogens with zero attached hydrogens (tertiary/aromatic N) is 5. The SMILES string of the molecule is CNc1nc(Cc2cc(F)c(C(=O)N3CCC(N4CCOCC4)CC3)cc2OC)nc2c1C(C#N)=CC2. The summed E-state index contributed by atoms with van der Waals surface area (Å²) in [5.74, 6) is 0.567. The molecule has 3 heterocycles. The molecule has 2 fully saturated rings. The van der Waals surface area contributed by atoms with Crippen LogP contribution in [0.15, 0.2) is 18.2 Å². The number of aromatic nitrogens is 2. The second-order valence-corrected chi connectivity index (χ2v) is 9.49. The molecule has 0 unspecified atom stereocenters. The average molecular weight is 507 g/mol. The molecule has 0 radical (unpaired) electrons. The lowest BCUT2D eigenvalue weighted by atomic mass is 10.0. The maximum atomic E-state index is 15.3. The monoisotopic (exact) mass is 506 g/mol. The number of hydrogen-bond donors (Lipinski definition) is 1. The summed E-state index contributed by atoms with van der Waals surface area (Å²) in [6.07, 6.45) is 4.34. The Hall–Kier alpha value is -3.55. The number of benzene rings is 1. The smallest absolute Gasteiger partial charge is 0.256 e. The van der Waals surface area contributed by atoms with E-state index in [-0.39, 0.29) is 17.9 Å². The third-order valence-electron chi connectivity index (χ3n) is 7.42. The molecule has 1 N–H and O–H groups in total. The van der Waals surface area contributed by atoms with Crippen LogP contribution in [0.4, 0.5) is 10.2 Å². The molecule has 1 amide bonds. The molecular weight excluding hydrogens is 475 g/mol. The fraction of sp³-hybridized carbons (Fsp3) is 0.481. The van der Waals surface area contributed by atoms with Gasteiger partial charge in [0.15, 0.2) is 0 Å². The molecule has 0 saturated carbocycles. The summed E-state index contributed by atoms with van der Waals surface area (Å²) in [4.78, 5) is 26.6. The van der Waals surface area contributed by atoms with Crippen LogP contribution in [0.5, 0.6) is 5.75 Å². The number of anilines is 1. The molecule has 194 valence electrons. The largest absolute Gasteiger partial charge is 0.496 e. The average Bonchev–Trinajstić information content (AvgIpc) is 3.36. The van der Waals surface area contributed by atoms with E-state index in [1.54, 1.807) is 11.9 Å². The first-order valence-electron chi connectivity index (χ1n) is 12.7. The van der Waals surface area contributed by atoms with E-state index < -0.39 is 5.82 Å². The Labute approximate surface area is 215 Å². The van der Waals surface area contributed by atoms with Gasteiger partial charge in [-0.1, -0.05) is 6.08 Å². The highest BCUT2D eigenvalue weighted by Crippen LogP contribution is 2.32. The molecule has 9 nitrogen and oxygen atoms in total. The summed E-state index contributed by atoms with van der Waals surface area (Å²) >= 11 is 0. The molecular formula is C27H31FN6O3. The van der Waals surface area contributed by atoms with Gasteiger partial charge in [-0.3, -0.25) is 9.69 Å². The van der Waals surface area contributed by atoms with Crippen molar-refractivity contribution in [1.29, 1.82) is 5.26 Å². The third kappa shape index (κ3) is 5.02. The first kappa shape index (κ1) is 25.1. The van der Waals surface area contributed by atoms with Gasteiger partial charge in [0.2, 0.25) is 0 Å². The second-order valence-electron chi connectivity index (χ2n) is 9.49. The number of piperidine rings is 1. The molecule has 1 aromatic carbocycles. The highest BCUT2D eigenvalue weighted by molar-refractivity contribution is 5.95. The molecule has 1 aromatic heterocycles. The molecule has 5 rings (SSSR count). The highest BCUT2D eigenvalue weighted by Gasteiger charge is 2.30. The standard InChI is InChI=1S/C27H31FN6O3/c1-30-26-25-17(16-29)3-4-22(25)31-24(32-26)14-18-13-21(28)20(15-23(18)36-2)27(35)34-7-5-19(6-8-34)33-9-11-37-12-10-33/h3,13,15,19H,4-12,14H2,1-2H3,(H,30,31,32). The number of ether oxygens (including phenoxy) is 2. The predicted octanol–water partition coefficient (Wildman–Crippen LogP) is 2.66. The number of morpholine rings is 1. The molecule has 37 heavy (non-hydrogen) atoms. The minimum atomic E-state index is -0.584. The number of carbonyl (C=O) groups is 1. The number of fused-ring (bicyclic) bond motifs is 1. The Morgan fingerprint density at radius 2 is 2.00 bits per heavy atom. The molecule has 2 saturated heterocycles. The maximum Gasteiger partial charge on any atom is 0.256 e. The van der Waals surface area contributed by atoms with Gasteiger partial charge < -0.3 is 19.7 Å². The van der Waals surface area contributed by atoms with Crippen molar-refractivity contribution >= 4 is 17.3 Å². The Kier molecular flexibility index (Phi) is 7.35. The van der Waals surface area contributed by atoms with Crippen molar-refractivity contribution in [2.45, 2.75) is 31.7 Å². The van der Waals surface area contributed by atoms with Crippen LogP contribution in [0.1, 0.15) is 45.8 Å². The van der Waals surface area contributed by atoms with E-state index in [0.717, 1.165) is 44.8 Å². The number of halogens is 1. The topological polar surface area (TPSA) is 104 Å². The van der Waals surface area contributed by atoms with Crippen LogP contribution in [0.2, 0.25) is 0 Å². The summed E-state index contributed by atoms with van der Waals surface area (Å²) in [6, 6.07) is 5.45. The van der Waals surface area contributed by atoms with Crippen LogP contribution in [0.3, 0.4) is 0 Å². The highest BCUT2D eigenvalue weighted by atomic mass is 19.1. The van der Waals surface area contributed by atoms with Gasteiger partial charge in [-0.05, 0) is 25.0 Å². The van der Waals surface area contributed by atoms with Gasteiger partial charge in [-0.15, -0.1) is 0 Å². The first-order valence-corrected chi connectivity index (χ1v) is 12.7. The van der Waals surface area contributed by atoms with Crippen molar-refractivity contribution in [2.24, 2.45) is 0 Å². The Morgan fingerprint density at radius 1 is 1.24 bits per heavy atom. The van der Waals surface area contributed by atoms with E-state index in [9.17, 15) is 10.1 Å². The normalized spacial score (nSPS) is 18.2. The van der Waals surface area contributed by atoms with Gasteiger partial charge in [-0.25, -0.2) is 14.4 Å². The van der Waals surface area contributed by atoms with Crippen LogP contribution in [-0.2, 0) is 17.6 Å². The van der Waals surface area contributed by atoms with Crippen molar-refractivity contribution in [2.75, 3.05) is 58.9 Å². The number of likely N-dealkylation sites (tertiary alicyclic amines) is 1. The van der Waals surface area contributed by atoms with Gasteiger partial charge in [0, 0.05) is 57.7 Å². The molecule has 1 aliphatic carbocycles. The summed E-state index contributed by atoms with van der Waals surface area (Å²) in [7, 11) is 3.24. The quantitative estimate of drug-likeness (QED) is 0.638. The second kappa shape index (κ2) is 10.8. The maximum absolute atomic E-state index is 15.3. The number of allylic oxidation sites excluding steroid dienone is 2. The Morgan fingerprint density at radius 3 is 2.68 bits per heavy atom. The Balaban J connectivity index is 1.32. The third-order valence-corrected chi connectivity index (χ3v) is 7.42. The van der Waals surface area contributed by atoms with E-state index in [0.29, 0.717) is 59.6 Å². The minimum Gasteiger partial charge on any atom is -0.496 e. The van der Waals surface area contributed by atoms with Crippen molar-refractivity contribution < 1.29 is 18.7 Å². The predicted molar refractivity (Wildman–Crippen MR) is 136 cm³/mol. The number of nitrogens with one attached hydrogen (secondary N) is 1. The molecule has 0 atom stereocenters. The molecule has 10 heteroatoms. The molecule has 3 aliphatic rings. The zero-order chi connectivity index (χ0) is 25.9. The molecule has 0 bridgehead atoms. The molecule has 0 spiro atoms. The van der Waals surface area contributed by atoms with E-state index in [1.807, 2.05) is 6.08 Å². The van der Waals surface area contributed by atoms with Crippen molar-refractivity contribution in [3.8, 4) is 11.8 Å². The Bertz CT molecular complexity index is 1260. The van der Waals surface area contributed by atoms with E-state index in [4.69, 9.17) is 9.47 Å². The van der Waals surface area contributed by atoms with Gasteiger partial charge in [0.05, 0.1) is 48.8 Å². The number of hydrogen-bond acceptors (Lipinski definition) is 8. The van der Waals surface area contributed by atoms with E-state index >= 15 is 4.39 Å². The number of rotatable bonds is 6. The first-order chi connectivity index (χ1) is 18.0. The van der Waals surface area contributed by atoms with Crippen LogP contribution in [-0.4, -0.2) is 85.3 Å². The summed E-state index contributed by atoms with van der Waals surface area (Å²) in [6.45, 7) is 4.54. The summed E-state index contributed by atoms with van der Waals surface area (Å²) in [5.41, 5.74) is 2.59. The van der Waals surface area contributed by atoms with E-state index in [2.05, 4.69) is 26.3 Å². The van der Waals surface area contributed by atoms with E-state index in [1.165, 1.54) is 19.2 Å². The number of nitriles is 1.